The smallest absolute Gasteiger partial charge is 0.414 e. The van der Waals surface area contributed by atoms with Crippen molar-refractivity contribution >= 4 is 11.9 Å². The van der Waals surface area contributed by atoms with E-state index in [-0.39, 0.29) is 0 Å². The highest BCUT2D eigenvalue weighted by molar-refractivity contribution is 6.27. The van der Waals surface area contributed by atoms with Crippen LogP contribution in [0.1, 0.15) is 12.8 Å². The van der Waals surface area contributed by atoms with Crippen molar-refractivity contribution in [2.45, 2.75) is 12.8 Å². The summed E-state index contributed by atoms with van der Waals surface area (Å²) in [4.78, 5) is 18.2. The first-order valence-electron chi connectivity index (χ1n) is 3.49. The molecule has 0 spiro atoms. The number of hydrogen-bond acceptors (Lipinski definition) is 3. The van der Waals surface area contributed by atoms with E-state index in [1.54, 1.807) is 0 Å². The maximum Gasteiger partial charge on any atom is 0.414 e. The summed E-state index contributed by atoms with van der Waals surface area (Å²) in [5, 5.41) is 17.9. The molecule has 0 saturated heterocycles. The van der Waals surface area contributed by atoms with Crippen molar-refractivity contribution in [1.82, 2.24) is 5.32 Å². The van der Waals surface area contributed by atoms with E-state index >= 15 is 0 Å². The molecule has 0 amide bonds. The van der Waals surface area contributed by atoms with Gasteiger partial charge in [0.15, 0.2) is 0 Å². The molecular formula is C7H11NO4. The fourth-order valence-corrected chi connectivity index (χ4v) is 0.572. The average molecular weight is 173 g/mol. The lowest BCUT2D eigenvalue weighted by atomic mass is 10.2. The van der Waals surface area contributed by atoms with Crippen LogP contribution in [0.4, 0.5) is 0 Å². The Bertz CT molecular complexity index is 168. The lowest BCUT2D eigenvalue weighted by Gasteiger charge is -2.02. The number of carboxylic acids is 2. The second-order valence-corrected chi connectivity index (χ2v) is 2.11. The van der Waals surface area contributed by atoms with E-state index in [0.29, 0.717) is 0 Å². The molecule has 0 atom stereocenters. The highest BCUT2D eigenvalue weighted by Crippen LogP contribution is 1.91. The van der Waals surface area contributed by atoms with Crippen LogP contribution in [0.5, 0.6) is 0 Å². The zero-order valence-electron chi connectivity index (χ0n) is 6.49. The Morgan fingerprint density at radius 2 is 1.83 bits per heavy atom. The molecule has 0 saturated carbocycles. The van der Waals surface area contributed by atoms with Gasteiger partial charge in [-0.05, 0) is 19.0 Å². The van der Waals surface area contributed by atoms with Crippen molar-refractivity contribution in [3.63, 3.8) is 0 Å². The molecule has 0 unspecified atom stereocenters. The minimum Gasteiger partial charge on any atom is -0.473 e. The Hall–Kier alpha value is -1.52. The number of carboxylic acid groups (broad SMARTS) is 2. The first-order chi connectivity index (χ1) is 5.64. The summed E-state index contributed by atoms with van der Waals surface area (Å²) in [6.07, 6.45) is 6.73. The molecule has 1 heterocycles. The van der Waals surface area contributed by atoms with Crippen LogP contribution >= 0.6 is 0 Å². The summed E-state index contributed by atoms with van der Waals surface area (Å²) >= 11 is 0. The van der Waals surface area contributed by atoms with Crippen LogP contribution in [-0.2, 0) is 9.59 Å². The molecule has 68 valence electrons. The van der Waals surface area contributed by atoms with Gasteiger partial charge in [0.2, 0.25) is 0 Å². The first-order valence-corrected chi connectivity index (χ1v) is 3.49. The number of aliphatic carboxylic acids is 2. The van der Waals surface area contributed by atoms with Gasteiger partial charge in [-0.25, -0.2) is 9.59 Å². The van der Waals surface area contributed by atoms with Gasteiger partial charge >= 0.3 is 11.9 Å². The van der Waals surface area contributed by atoms with Crippen LogP contribution in [0.2, 0.25) is 0 Å². The quantitative estimate of drug-likeness (QED) is 0.450. The fourth-order valence-electron chi connectivity index (χ4n) is 0.572. The zero-order chi connectivity index (χ0) is 9.40. The number of carbonyl (C=O) groups is 2. The lowest BCUT2D eigenvalue weighted by molar-refractivity contribution is -0.159. The number of rotatable bonds is 0. The van der Waals surface area contributed by atoms with Crippen LogP contribution in [0, 0.1) is 0 Å². The molecule has 0 bridgehead atoms. The summed E-state index contributed by atoms with van der Waals surface area (Å²) in [6.45, 7) is 1.16. The predicted molar refractivity (Wildman–Crippen MR) is 41.6 cm³/mol. The van der Waals surface area contributed by atoms with Crippen LogP contribution < -0.4 is 5.32 Å². The normalized spacial score (nSPS) is 13.7. The third-order valence-electron chi connectivity index (χ3n) is 1.11. The molecule has 0 aromatic heterocycles. The third-order valence-corrected chi connectivity index (χ3v) is 1.11. The molecular weight excluding hydrogens is 162 g/mol. The molecule has 0 aliphatic carbocycles. The molecule has 0 aromatic rings. The van der Waals surface area contributed by atoms with Gasteiger partial charge in [0.05, 0.1) is 0 Å². The zero-order valence-corrected chi connectivity index (χ0v) is 6.49. The lowest BCUT2D eigenvalue weighted by Crippen LogP contribution is -2.09. The molecule has 1 rings (SSSR count). The van der Waals surface area contributed by atoms with E-state index in [2.05, 4.69) is 11.4 Å². The van der Waals surface area contributed by atoms with E-state index in [4.69, 9.17) is 19.8 Å². The van der Waals surface area contributed by atoms with Crippen molar-refractivity contribution in [1.29, 1.82) is 0 Å². The monoisotopic (exact) mass is 173 g/mol. The second kappa shape index (κ2) is 6.21. The molecule has 5 nitrogen and oxygen atoms in total. The van der Waals surface area contributed by atoms with Crippen molar-refractivity contribution in [3.05, 3.63) is 12.3 Å². The second-order valence-electron chi connectivity index (χ2n) is 2.11. The molecule has 12 heavy (non-hydrogen) atoms. The van der Waals surface area contributed by atoms with Crippen LogP contribution in [0.15, 0.2) is 12.3 Å². The molecule has 0 fully saturated rings. The summed E-state index contributed by atoms with van der Waals surface area (Å²) in [7, 11) is 0. The first kappa shape index (κ1) is 10.5. The maximum atomic E-state index is 9.10. The van der Waals surface area contributed by atoms with E-state index in [9.17, 15) is 0 Å². The van der Waals surface area contributed by atoms with Crippen LogP contribution in [-0.4, -0.2) is 28.7 Å². The Labute approximate surface area is 69.7 Å². The van der Waals surface area contributed by atoms with Crippen molar-refractivity contribution in [2.75, 3.05) is 6.54 Å². The topological polar surface area (TPSA) is 86.6 Å². The van der Waals surface area contributed by atoms with Gasteiger partial charge in [-0.15, -0.1) is 0 Å². The Balaban J connectivity index is 0.000000202. The Morgan fingerprint density at radius 1 is 1.25 bits per heavy atom. The van der Waals surface area contributed by atoms with Gasteiger partial charge < -0.3 is 15.5 Å². The molecule has 0 aromatic carbocycles. The van der Waals surface area contributed by atoms with Gasteiger partial charge in [0.25, 0.3) is 0 Å². The highest BCUT2D eigenvalue weighted by Gasteiger charge is 2.04. The number of nitrogens with one attached hydrogen (secondary N) is 1. The standard InChI is InChI=1S/C5H9N.C2H2O4/c1-2-4-6-5-3-1;3-1(4)2(5)6/h2,4,6H,1,3,5H2;(H,3,4)(H,5,6). The molecule has 0 radical (unpaired) electrons. The number of hydrogen-bond donors (Lipinski definition) is 3. The SMILES string of the molecule is C1=CNCCC1.O=C(O)C(=O)O. The average Bonchev–Trinajstić information content (AvgIpc) is 2.08. The van der Waals surface area contributed by atoms with E-state index in [0.717, 1.165) is 6.54 Å². The van der Waals surface area contributed by atoms with Crippen molar-refractivity contribution in [3.8, 4) is 0 Å². The molecule has 5 heteroatoms. The van der Waals surface area contributed by atoms with Crippen LogP contribution in [0.25, 0.3) is 0 Å². The molecule has 1 aliphatic heterocycles. The summed E-state index contributed by atoms with van der Waals surface area (Å²) in [5.41, 5.74) is 0. The van der Waals surface area contributed by atoms with E-state index < -0.39 is 11.9 Å². The van der Waals surface area contributed by atoms with Gasteiger partial charge in [-0.2, -0.15) is 0 Å². The van der Waals surface area contributed by atoms with E-state index in [1.165, 1.54) is 12.8 Å². The van der Waals surface area contributed by atoms with Crippen LogP contribution in [0.3, 0.4) is 0 Å². The summed E-state index contributed by atoms with van der Waals surface area (Å²) in [6, 6.07) is 0. The minimum absolute atomic E-state index is 1.16. The van der Waals surface area contributed by atoms with Gasteiger partial charge in [0, 0.05) is 6.54 Å². The maximum absolute atomic E-state index is 9.10. The highest BCUT2D eigenvalue weighted by atomic mass is 16.4. The Morgan fingerprint density at radius 3 is 1.92 bits per heavy atom. The summed E-state index contributed by atoms with van der Waals surface area (Å²) < 4.78 is 0. The summed E-state index contributed by atoms with van der Waals surface area (Å²) in [5.74, 6) is -3.65. The molecule has 3 N–H and O–H groups in total. The minimum atomic E-state index is -1.82. The molecule has 1 aliphatic rings. The van der Waals surface area contributed by atoms with Gasteiger partial charge in [0.1, 0.15) is 0 Å². The Kier molecular flexibility index (Phi) is 5.42. The van der Waals surface area contributed by atoms with Gasteiger partial charge in [-0.1, -0.05) is 6.08 Å². The fraction of sp³-hybridized carbons (Fsp3) is 0.429. The van der Waals surface area contributed by atoms with E-state index in [1.807, 2.05) is 6.20 Å². The predicted octanol–water partition coefficient (Wildman–Crippen LogP) is 0.0391. The third kappa shape index (κ3) is 6.60. The number of allylic oxidation sites excluding steroid dienone is 1. The van der Waals surface area contributed by atoms with Crippen molar-refractivity contribution in [2.24, 2.45) is 0 Å². The van der Waals surface area contributed by atoms with Crippen molar-refractivity contribution < 1.29 is 19.8 Å². The largest absolute Gasteiger partial charge is 0.473 e. The van der Waals surface area contributed by atoms with Gasteiger partial charge in [-0.3, -0.25) is 0 Å².